The lowest BCUT2D eigenvalue weighted by Crippen LogP contribution is -2.33. The van der Waals surface area contributed by atoms with E-state index in [1.54, 1.807) is 6.07 Å². The Balaban J connectivity index is 2.22. The second kappa shape index (κ2) is 4.40. The van der Waals surface area contributed by atoms with Crippen LogP contribution in [0.2, 0.25) is 0 Å². The molecule has 0 aliphatic carbocycles. The van der Waals surface area contributed by atoms with Gasteiger partial charge in [-0.05, 0) is 30.5 Å². The highest BCUT2D eigenvalue weighted by Crippen LogP contribution is 2.23. The molecule has 2 heterocycles. The van der Waals surface area contributed by atoms with Crippen molar-refractivity contribution in [2.24, 2.45) is 0 Å². The molecule has 0 bridgehead atoms. The number of amides is 1. The van der Waals surface area contributed by atoms with Gasteiger partial charge in [0.2, 0.25) is 0 Å². The fourth-order valence-corrected chi connectivity index (χ4v) is 1.88. The number of hydrogen-bond acceptors (Lipinski definition) is 4. The molecule has 3 N–H and O–H groups in total. The first kappa shape index (κ1) is 11.4. The Bertz CT molecular complexity index is 484. The van der Waals surface area contributed by atoms with Crippen molar-refractivity contribution in [2.75, 3.05) is 18.8 Å². The Kier molecular flexibility index (Phi) is 2.95. The van der Waals surface area contributed by atoms with Crippen molar-refractivity contribution in [3.63, 3.8) is 0 Å². The number of nitrogens with zero attached hydrogens (tertiary/aromatic N) is 3. The third-order valence-electron chi connectivity index (χ3n) is 2.79. The number of aryl methyl sites for hydroxylation is 1. The van der Waals surface area contributed by atoms with Gasteiger partial charge in [-0.25, -0.2) is 4.79 Å². The van der Waals surface area contributed by atoms with Gasteiger partial charge in [-0.1, -0.05) is 6.08 Å². The fourth-order valence-electron chi connectivity index (χ4n) is 1.88. The molecular formula is C11H14N4O2. The summed E-state index contributed by atoms with van der Waals surface area (Å²) in [7, 11) is 0. The number of rotatable bonds is 1. The molecule has 1 aliphatic rings. The lowest BCUT2D eigenvalue weighted by molar-refractivity contribution is 0.150. The molecule has 6 nitrogen and oxygen atoms in total. The fraction of sp³-hybridized carbons (Fsp3) is 0.364. The van der Waals surface area contributed by atoms with E-state index in [4.69, 9.17) is 10.8 Å². The third kappa shape index (κ3) is 2.35. The molecule has 0 fully saturated rings. The summed E-state index contributed by atoms with van der Waals surface area (Å²) in [5.41, 5.74) is 8.35. The molecular weight excluding hydrogens is 220 g/mol. The Morgan fingerprint density at radius 1 is 1.53 bits per heavy atom. The number of hydrogen-bond donors (Lipinski definition) is 2. The summed E-state index contributed by atoms with van der Waals surface area (Å²) in [6.07, 6.45) is 1.65. The van der Waals surface area contributed by atoms with Crippen LogP contribution in [0.3, 0.4) is 0 Å². The topological polar surface area (TPSA) is 92.3 Å². The number of carbonyl (C=O) groups is 1. The van der Waals surface area contributed by atoms with Crippen LogP contribution in [0.25, 0.3) is 5.57 Å². The Hall–Kier alpha value is -2.11. The van der Waals surface area contributed by atoms with Crippen LogP contribution in [-0.4, -0.2) is 39.4 Å². The van der Waals surface area contributed by atoms with E-state index >= 15 is 0 Å². The van der Waals surface area contributed by atoms with Crippen LogP contribution >= 0.6 is 0 Å². The van der Waals surface area contributed by atoms with Crippen LogP contribution in [-0.2, 0) is 0 Å². The van der Waals surface area contributed by atoms with E-state index in [0.29, 0.717) is 25.3 Å². The quantitative estimate of drug-likeness (QED) is 0.760. The van der Waals surface area contributed by atoms with Crippen molar-refractivity contribution in [1.82, 2.24) is 15.1 Å². The predicted molar refractivity (Wildman–Crippen MR) is 63.4 cm³/mol. The average Bonchev–Trinajstić information content (AvgIpc) is 2.29. The molecule has 0 saturated heterocycles. The van der Waals surface area contributed by atoms with Gasteiger partial charge in [0.15, 0.2) is 0 Å². The van der Waals surface area contributed by atoms with Gasteiger partial charge in [-0.15, -0.1) is 10.2 Å². The minimum atomic E-state index is -0.889. The molecule has 0 radical (unpaired) electrons. The van der Waals surface area contributed by atoms with Gasteiger partial charge in [0.25, 0.3) is 0 Å². The van der Waals surface area contributed by atoms with Gasteiger partial charge in [0.1, 0.15) is 5.82 Å². The highest BCUT2D eigenvalue weighted by molar-refractivity contribution is 5.71. The van der Waals surface area contributed by atoms with Gasteiger partial charge >= 0.3 is 6.09 Å². The van der Waals surface area contributed by atoms with Crippen LogP contribution in [0.15, 0.2) is 12.1 Å². The van der Waals surface area contributed by atoms with E-state index in [-0.39, 0.29) is 0 Å². The van der Waals surface area contributed by atoms with Crippen molar-refractivity contribution in [1.29, 1.82) is 0 Å². The second-order valence-electron chi connectivity index (χ2n) is 4.01. The smallest absolute Gasteiger partial charge is 0.407 e. The molecule has 0 saturated carbocycles. The molecule has 0 aromatic carbocycles. The molecule has 1 aromatic rings. The summed E-state index contributed by atoms with van der Waals surface area (Å²) < 4.78 is 0. The Labute approximate surface area is 98.8 Å². The predicted octanol–water partition coefficient (Wildman–Crippen LogP) is 1.13. The average molecular weight is 234 g/mol. The molecule has 1 amide bonds. The van der Waals surface area contributed by atoms with Gasteiger partial charge in [0.05, 0.1) is 5.69 Å². The number of carboxylic acid groups (broad SMARTS) is 1. The van der Waals surface area contributed by atoms with E-state index < -0.39 is 6.09 Å². The van der Waals surface area contributed by atoms with Crippen LogP contribution in [0.4, 0.5) is 10.6 Å². The van der Waals surface area contributed by atoms with E-state index in [0.717, 1.165) is 16.8 Å². The SMILES string of the molecule is Cc1cc(N)nnc1C1=CCN(C(=O)O)CC1. The van der Waals surface area contributed by atoms with Crippen molar-refractivity contribution in [3.8, 4) is 0 Å². The zero-order chi connectivity index (χ0) is 12.4. The van der Waals surface area contributed by atoms with Crippen LogP contribution in [0, 0.1) is 6.92 Å². The van der Waals surface area contributed by atoms with Crippen molar-refractivity contribution in [3.05, 3.63) is 23.4 Å². The van der Waals surface area contributed by atoms with Crippen LogP contribution in [0.5, 0.6) is 0 Å². The lowest BCUT2D eigenvalue weighted by Gasteiger charge is -2.23. The zero-order valence-electron chi connectivity index (χ0n) is 9.55. The maximum Gasteiger partial charge on any atom is 0.407 e. The normalized spacial score (nSPS) is 15.6. The lowest BCUT2D eigenvalue weighted by atomic mass is 10.0. The van der Waals surface area contributed by atoms with Crippen molar-refractivity contribution in [2.45, 2.75) is 13.3 Å². The van der Waals surface area contributed by atoms with Gasteiger partial charge < -0.3 is 15.7 Å². The van der Waals surface area contributed by atoms with Crippen LogP contribution < -0.4 is 5.73 Å². The maximum absolute atomic E-state index is 10.8. The molecule has 2 rings (SSSR count). The number of nitrogens with two attached hydrogens (primary N) is 1. The standard InChI is InChI=1S/C11H14N4O2/c1-7-6-9(12)13-14-10(7)8-2-4-15(5-3-8)11(16)17/h2,6H,3-5H2,1H3,(H2,12,13)(H,16,17). The zero-order valence-corrected chi connectivity index (χ0v) is 9.55. The van der Waals surface area contributed by atoms with Gasteiger partial charge in [-0.3, -0.25) is 0 Å². The first-order chi connectivity index (χ1) is 8.08. The van der Waals surface area contributed by atoms with Crippen molar-refractivity contribution >= 4 is 17.5 Å². The minimum Gasteiger partial charge on any atom is -0.465 e. The third-order valence-corrected chi connectivity index (χ3v) is 2.79. The maximum atomic E-state index is 10.8. The van der Waals surface area contributed by atoms with Gasteiger partial charge in [0, 0.05) is 13.1 Å². The summed E-state index contributed by atoms with van der Waals surface area (Å²) in [6.45, 7) is 2.81. The summed E-state index contributed by atoms with van der Waals surface area (Å²) in [5.74, 6) is 0.398. The Morgan fingerprint density at radius 3 is 2.82 bits per heavy atom. The number of nitrogen functional groups attached to an aromatic ring is 1. The second-order valence-corrected chi connectivity index (χ2v) is 4.01. The van der Waals surface area contributed by atoms with Crippen molar-refractivity contribution < 1.29 is 9.90 Å². The molecule has 0 spiro atoms. The highest BCUT2D eigenvalue weighted by Gasteiger charge is 2.18. The molecule has 0 unspecified atom stereocenters. The molecule has 6 heteroatoms. The molecule has 0 atom stereocenters. The van der Waals surface area contributed by atoms with E-state index in [2.05, 4.69) is 10.2 Å². The van der Waals surface area contributed by atoms with Gasteiger partial charge in [-0.2, -0.15) is 0 Å². The summed E-state index contributed by atoms with van der Waals surface area (Å²) in [4.78, 5) is 12.1. The molecule has 17 heavy (non-hydrogen) atoms. The summed E-state index contributed by atoms with van der Waals surface area (Å²) >= 11 is 0. The van der Waals surface area contributed by atoms with Crippen LogP contribution in [0.1, 0.15) is 17.7 Å². The highest BCUT2D eigenvalue weighted by atomic mass is 16.4. The first-order valence-electron chi connectivity index (χ1n) is 5.35. The minimum absolute atomic E-state index is 0.398. The first-order valence-corrected chi connectivity index (χ1v) is 5.35. The van der Waals surface area contributed by atoms with E-state index in [9.17, 15) is 4.79 Å². The molecule has 90 valence electrons. The Morgan fingerprint density at radius 2 is 2.29 bits per heavy atom. The monoisotopic (exact) mass is 234 g/mol. The summed E-state index contributed by atoms with van der Waals surface area (Å²) in [6, 6.07) is 1.77. The van der Waals surface area contributed by atoms with E-state index in [1.165, 1.54) is 4.90 Å². The molecule has 1 aliphatic heterocycles. The molecule has 1 aromatic heterocycles. The largest absolute Gasteiger partial charge is 0.465 e. The summed E-state index contributed by atoms with van der Waals surface area (Å²) in [5, 5.41) is 16.7. The number of anilines is 1. The number of aromatic nitrogens is 2. The van der Waals surface area contributed by atoms with E-state index in [1.807, 2.05) is 13.0 Å².